The van der Waals surface area contributed by atoms with Crippen molar-refractivity contribution in [1.82, 2.24) is 15.0 Å². The van der Waals surface area contributed by atoms with E-state index in [1.807, 2.05) is 12.1 Å². The molecule has 1 aromatic carbocycles. The van der Waals surface area contributed by atoms with Gasteiger partial charge in [-0.3, -0.25) is 9.78 Å². The molecule has 6 nitrogen and oxygen atoms in total. The lowest BCUT2D eigenvalue weighted by atomic mass is 10.1. The molecular weight excluding hydrogens is 326 g/mol. The molecule has 2 aromatic rings. The highest BCUT2D eigenvalue weighted by atomic mass is 32.2. The topological polar surface area (TPSA) is 88.2 Å². The Morgan fingerprint density at radius 2 is 1.62 bits per heavy atom. The molecule has 1 heterocycles. The van der Waals surface area contributed by atoms with Crippen LogP contribution < -0.4 is 10.0 Å². The van der Waals surface area contributed by atoms with Gasteiger partial charge in [0.25, 0.3) is 5.91 Å². The molecule has 0 fully saturated rings. The standard InChI is InChI=1S/C17H21N3O3S/c1-17(2,3)20-24(22,23)15-6-4-14(5-7-15)16(21)19-12-13-8-10-18-11-9-13/h4-11,20H,12H2,1-3H3,(H,19,21). The van der Waals surface area contributed by atoms with Gasteiger partial charge in [-0.25, -0.2) is 13.1 Å². The molecule has 0 aliphatic carbocycles. The van der Waals surface area contributed by atoms with E-state index in [1.165, 1.54) is 24.3 Å². The molecular formula is C17H21N3O3S. The van der Waals surface area contributed by atoms with Crippen LogP contribution in [0.25, 0.3) is 0 Å². The highest BCUT2D eigenvalue weighted by molar-refractivity contribution is 7.89. The molecule has 1 aromatic heterocycles. The minimum absolute atomic E-state index is 0.128. The van der Waals surface area contributed by atoms with Crippen LogP contribution in [0.15, 0.2) is 53.7 Å². The first-order valence-corrected chi connectivity index (χ1v) is 8.97. The van der Waals surface area contributed by atoms with Crippen molar-refractivity contribution >= 4 is 15.9 Å². The molecule has 0 unspecified atom stereocenters. The molecule has 1 amide bonds. The number of pyridine rings is 1. The lowest BCUT2D eigenvalue weighted by Crippen LogP contribution is -2.40. The maximum atomic E-state index is 12.2. The molecule has 24 heavy (non-hydrogen) atoms. The van der Waals surface area contributed by atoms with Crippen LogP contribution in [0.5, 0.6) is 0 Å². The average molecular weight is 347 g/mol. The normalized spacial score (nSPS) is 12.0. The number of carbonyl (C=O) groups excluding carboxylic acids is 1. The highest BCUT2D eigenvalue weighted by Crippen LogP contribution is 2.14. The predicted octanol–water partition coefficient (Wildman–Crippen LogP) is 2.09. The number of aromatic nitrogens is 1. The van der Waals surface area contributed by atoms with Gasteiger partial charge in [-0.05, 0) is 62.7 Å². The van der Waals surface area contributed by atoms with E-state index in [9.17, 15) is 13.2 Å². The molecule has 7 heteroatoms. The lowest BCUT2D eigenvalue weighted by molar-refractivity contribution is 0.0951. The van der Waals surface area contributed by atoms with Crippen molar-refractivity contribution in [3.63, 3.8) is 0 Å². The third kappa shape index (κ3) is 5.14. The number of hydrogen-bond donors (Lipinski definition) is 2. The summed E-state index contributed by atoms with van der Waals surface area (Å²) in [5, 5.41) is 2.78. The predicted molar refractivity (Wildman–Crippen MR) is 91.9 cm³/mol. The molecule has 2 N–H and O–H groups in total. The molecule has 0 bridgehead atoms. The fraction of sp³-hybridized carbons (Fsp3) is 0.294. The molecule has 0 saturated heterocycles. The Hall–Kier alpha value is -2.25. The van der Waals surface area contributed by atoms with Crippen molar-refractivity contribution in [1.29, 1.82) is 0 Å². The fourth-order valence-corrected chi connectivity index (χ4v) is 3.45. The number of sulfonamides is 1. The van der Waals surface area contributed by atoms with E-state index in [-0.39, 0.29) is 10.8 Å². The zero-order chi connectivity index (χ0) is 17.8. The van der Waals surface area contributed by atoms with Gasteiger partial charge in [0.15, 0.2) is 0 Å². The number of nitrogens with one attached hydrogen (secondary N) is 2. The summed E-state index contributed by atoms with van der Waals surface area (Å²) in [6.45, 7) is 5.69. The summed E-state index contributed by atoms with van der Waals surface area (Å²) >= 11 is 0. The van der Waals surface area contributed by atoms with Gasteiger partial charge in [0, 0.05) is 30.0 Å². The van der Waals surface area contributed by atoms with E-state index < -0.39 is 15.6 Å². The van der Waals surface area contributed by atoms with E-state index in [0.29, 0.717) is 12.1 Å². The first-order valence-electron chi connectivity index (χ1n) is 7.48. The Labute approximate surface area is 142 Å². The number of nitrogens with zero attached hydrogens (tertiary/aromatic N) is 1. The van der Waals surface area contributed by atoms with Gasteiger partial charge >= 0.3 is 0 Å². The number of carbonyl (C=O) groups is 1. The summed E-state index contributed by atoms with van der Waals surface area (Å²) in [5.41, 5.74) is 0.769. The summed E-state index contributed by atoms with van der Waals surface area (Å²) in [5.74, 6) is -0.264. The lowest BCUT2D eigenvalue weighted by Gasteiger charge is -2.20. The van der Waals surface area contributed by atoms with Crippen molar-refractivity contribution < 1.29 is 13.2 Å². The molecule has 128 valence electrons. The van der Waals surface area contributed by atoms with Crippen molar-refractivity contribution in [3.05, 3.63) is 59.9 Å². The van der Waals surface area contributed by atoms with Crippen LogP contribution in [0.2, 0.25) is 0 Å². The molecule has 0 aliphatic heterocycles. The highest BCUT2D eigenvalue weighted by Gasteiger charge is 2.22. The molecule has 0 aliphatic rings. The minimum Gasteiger partial charge on any atom is -0.348 e. The van der Waals surface area contributed by atoms with E-state index in [2.05, 4.69) is 15.0 Å². The van der Waals surface area contributed by atoms with E-state index in [0.717, 1.165) is 5.56 Å². The van der Waals surface area contributed by atoms with Crippen molar-refractivity contribution in [2.75, 3.05) is 0 Å². The Kier molecular flexibility index (Phi) is 5.36. The maximum absolute atomic E-state index is 12.2. The summed E-state index contributed by atoms with van der Waals surface area (Å²) in [6.07, 6.45) is 3.31. The molecule has 0 atom stereocenters. The number of benzene rings is 1. The van der Waals surface area contributed by atoms with E-state index >= 15 is 0 Å². The maximum Gasteiger partial charge on any atom is 0.251 e. The first kappa shape index (κ1) is 18.1. The van der Waals surface area contributed by atoms with Crippen LogP contribution in [0, 0.1) is 0 Å². The largest absolute Gasteiger partial charge is 0.348 e. The van der Waals surface area contributed by atoms with Crippen LogP contribution in [0.1, 0.15) is 36.7 Å². The Morgan fingerprint density at radius 3 is 2.17 bits per heavy atom. The average Bonchev–Trinajstić information content (AvgIpc) is 2.51. The zero-order valence-corrected chi connectivity index (χ0v) is 14.7. The molecule has 0 spiro atoms. The van der Waals surface area contributed by atoms with Gasteiger partial charge in [0.2, 0.25) is 10.0 Å². The second-order valence-electron chi connectivity index (χ2n) is 6.42. The molecule has 0 radical (unpaired) electrons. The van der Waals surface area contributed by atoms with Gasteiger partial charge in [0.1, 0.15) is 0 Å². The van der Waals surface area contributed by atoms with Gasteiger partial charge in [-0.15, -0.1) is 0 Å². The van der Waals surface area contributed by atoms with Crippen LogP contribution in [-0.2, 0) is 16.6 Å². The van der Waals surface area contributed by atoms with Crippen LogP contribution >= 0.6 is 0 Å². The summed E-state index contributed by atoms with van der Waals surface area (Å²) < 4.78 is 27.0. The second kappa shape index (κ2) is 7.11. The van der Waals surface area contributed by atoms with E-state index in [4.69, 9.17) is 0 Å². The molecule has 0 saturated carbocycles. The van der Waals surface area contributed by atoms with Gasteiger partial charge < -0.3 is 5.32 Å². The van der Waals surface area contributed by atoms with Gasteiger partial charge in [0.05, 0.1) is 4.90 Å². The summed E-state index contributed by atoms with van der Waals surface area (Å²) in [4.78, 5) is 16.2. The number of rotatable bonds is 5. The van der Waals surface area contributed by atoms with Gasteiger partial charge in [-0.2, -0.15) is 0 Å². The third-order valence-electron chi connectivity index (χ3n) is 3.07. The third-order valence-corrected chi connectivity index (χ3v) is 4.84. The fourth-order valence-electron chi connectivity index (χ4n) is 2.03. The second-order valence-corrected chi connectivity index (χ2v) is 8.10. The van der Waals surface area contributed by atoms with Crippen LogP contribution in [-0.4, -0.2) is 24.8 Å². The Balaban J connectivity index is 2.05. The van der Waals surface area contributed by atoms with Crippen molar-refractivity contribution in [3.8, 4) is 0 Å². The smallest absolute Gasteiger partial charge is 0.251 e. The Bertz CT molecular complexity index is 795. The van der Waals surface area contributed by atoms with Gasteiger partial charge in [-0.1, -0.05) is 0 Å². The SMILES string of the molecule is CC(C)(C)NS(=O)(=O)c1ccc(C(=O)NCc2ccncc2)cc1. The zero-order valence-electron chi connectivity index (χ0n) is 13.9. The quantitative estimate of drug-likeness (QED) is 0.867. The number of hydrogen-bond acceptors (Lipinski definition) is 4. The first-order chi connectivity index (χ1) is 11.2. The van der Waals surface area contributed by atoms with Crippen LogP contribution in [0.3, 0.4) is 0 Å². The van der Waals surface area contributed by atoms with Crippen LogP contribution in [0.4, 0.5) is 0 Å². The molecule has 2 rings (SSSR count). The van der Waals surface area contributed by atoms with Crippen molar-refractivity contribution in [2.45, 2.75) is 37.8 Å². The summed E-state index contributed by atoms with van der Waals surface area (Å²) in [7, 11) is -3.60. The minimum atomic E-state index is -3.60. The van der Waals surface area contributed by atoms with Crippen molar-refractivity contribution in [2.24, 2.45) is 0 Å². The van der Waals surface area contributed by atoms with E-state index in [1.54, 1.807) is 33.2 Å². The number of amides is 1. The summed E-state index contributed by atoms with van der Waals surface area (Å²) in [6, 6.07) is 9.48. The monoisotopic (exact) mass is 347 g/mol. The Morgan fingerprint density at radius 1 is 1.04 bits per heavy atom.